The van der Waals surface area contributed by atoms with E-state index in [-0.39, 0.29) is 11.3 Å². The smallest absolute Gasteiger partial charge is 0.508 e. The summed E-state index contributed by atoms with van der Waals surface area (Å²) in [5, 5.41) is 8.87. The molecule has 0 radical (unpaired) electrons. The molecule has 0 amide bonds. The summed E-state index contributed by atoms with van der Waals surface area (Å²) >= 11 is 0. The van der Waals surface area contributed by atoms with Crippen LogP contribution >= 0.6 is 7.82 Å². The van der Waals surface area contributed by atoms with Crippen molar-refractivity contribution in [3.05, 3.63) is 29.8 Å². The Bertz CT molecular complexity index is 378. The van der Waals surface area contributed by atoms with Gasteiger partial charge in [-0.25, -0.2) is 9.36 Å². The lowest BCUT2D eigenvalue weighted by molar-refractivity contribution is 0.0678. The van der Waals surface area contributed by atoms with Gasteiger partial charge in [-0.3, -0.25) is 9.79 Å². The molecular formula is C7H7O6P. The molecule has 0 heterocycles. The molecule has 0 saturated heterocycles. The average molecular weight is 218 g/mol. The number of phosphoric ester groups is 1. The van der Waals surface area contributed by atoms with Crippen LogP contribution in [0.25, 0.3) is 0 Å². The maximum absolute atomic E-state index is 11.0. The lowest BCUT2D eigenvalue weighted by Crippen LogP contribution is -2.02. The van der Waals surface area contributed by atoms with E-state index in [9.17, 15) is 9.36 Å². The molecule has 7 heteroatoms. The maximum Gasteiger partial charge on any atom is 0.527 e. The van der Waals surface area contributed by atoms with Gasteiger partial charge >= 0.3 is 13.8 Å². The highest BCUT2D eigenvalue weighted by Crippen LogP contribution is 2.36. The van der Waals surface area contributed by atoms with Gasteiger partial charge in [0, 0.05) is 0 Å². The first kappa shape index (κ1) is 10.7. The van der Waals surface area contributed by atoms with Crippen LogP contribution in [0.2, 0.25) is 0 Å². The second-order valence-electron chi connectivity index (χ2n) is 2.42. The van der Waals surface area contributed by atoms with Crippen molar-refractivity contribution in [2.24, 2.45) is 0 Å². The number of carbonyl (C=O) groups excluding carboxylic acids is 1. The molecule has 76 valence electrons. The first-order valence-corrected chi connectivity index (χ1v) is 5.00. The van der Waals surface area contributed by atoms with Crippen LogP contribution in [0.4, 0.5) is 0 Å². The van der Waals surface area contributed by atoms with Crippen molar-refractivity contribution >= 4 is 13.8 Å². The summed E-state index contributed by atoms with van der Waals surface area (Å²) in [6.45, 7) is 0. The fraction of sp³-hybridized carbons (Fsp3) is 0. The zero-order chi connectivity index (χ0) is 10.8. The summed E-state index contributed by atoms with van der Waals surface area (Å²) in [7, 11) is -4.81. The Balaban J connectivity index is 2.81. The van der Waals surface area contributed by atoms with Crippen LogP contribution in [-0.4, -0.2) is 20.9 Å². The first-order valence-electron chi connectivity index (χ1n) is 3.47. The maximum atomic E-state index is 11.0. The molecule has 0 spiro atoms. The van der Waals surface area contributed by atoms with Gasteiger partial charge in [-0.1, -0.05) is 0 Å². The molecule has 0 unspecified atom stereocenters. The molecule has 0 aromatic heterocycles. The summed E-state index contributed by atoms with van der Waals surface area (Å²) in [4.78, 5) is 27.6. The molecule has 0 fully saturated rings. The number of phosphoric acid groups is 1. The summed E-state index contributed by atoms with van der Waals surface area (Å²) in [6.07, 6.45) is 0. The second kappa shape index (κ2) is 3.79. The van der Waals surface area contributed by atoms with E-state index in [0.717, 1.165) is 0 Å². The first-order chi connectivity index (χ1) is 6.38. The number of hydrogen-bond acceptors (Lipinski definition) is 4. The minimum absolute atomic E-state index is 0.0499. The van der Waals surface area contributed by atoms with Gasteiger partial charge in [0.1, 0.15) is 5.75 Å². The standard InChI is InChI=1S/C7H7O6P/c8-6-3-1-5(2-4-6)7(9)13-14(10,11)12/h1-4,8H,(H2,10,11,12). The van der Waals surface area contributed by atoms with Crippen molar-refractivity contribution in [2.45, 2.75) is 0 Å². The minimum Gasteiger partial charge on any atom is -0.508 e. The van der Waals surface area contributed by atoms with Gasteiger partial charge in [-0.15, -0.1) is 0 Å². The van der Waals surface area contributed by atoms with Crippen molar-refractivity contribution in [3.8, 4) is 5.75 Å². The van der Waals surface area contributed by atoms with Crippen LogP contribution in [0.15, 0.2) is 24.3 Å². The van der Waals surface area contributed by atoms with Gasteiger partial charge < -0.3 is 9.63 Å². The average Bonchev–Trinajstić information content (AvgIpc) is 2.02. The molecule has 14 heavy (non-hydrogen) atoms. The van der Waals surface area contributed by atoms with E-state index in [4.69, 9.17) is 14.9 Å². The summed E-state index contributed by atoms with van der Waals surface area (Å²) in [6, 6.07) is 4.78. The van der Waals surface area contributed by atoms with Crippen LogP contribution in [0.5, 0.6) is 5.75 Å². The largest absolute Gasteiger partial charge is 0.527 e. The van der Waals surface area contributed by atoms with E-state index in [1.165, 1.54) is 24.3 Å². The third-order valence-corrected chi connectivity index (χ3v) is 1.71. The quantitative estimate of drug-likeness (QED) is 0.629. The minimum atomic E-state index is -4.81. The molecule has 0 aliphatic carbocycles. The topological polar surface area (TPSA) is 104 Å². The van der Waals surface area contributed by atoms with E-state index in [1.807, 2.05) is 0 Å². The van der Waals surface area contributed by atoms with E-state index in [2.05, 4.69) is 4.52 Å². The Kier molecular flexibility index (Phi) is 2.90. The van der Waals surface area contributed by atoms with E-state index in [0.29, 0.717) is 0 Å². The molecule has 0 bridgehead atoms. The Hall–Kier alpha value is -1.36. The third-order valence-electron chi connectivity index (χ3n) is 1.30. The number of phenols is 1. The van der Waals surface area contributed by atoms with Crippen molar-refractivity contribution in [2.75, 3.05) is 0 Å². The number of hydrogen-bond donors (Lipinski definition) is 3. The molecule has 1 aromatic carbocycles. The van der Waals surface area contributed by atoms with Crippen molar-refractivity contribution in [1.29, 1.82) is 0 Å². The number of aromatic hydroxyl groups is 1. The zero-order valence-corrected chi connectivity index (χ0v) is 7.72. The highest BCUT2D eigenvalue weighted by molar-refractivity contribution is 7.46. The monoisotopic (exact) mass is 218 g/mol. The number of benzene rings is 1. The number of phenolic OH excluding ortho intramolecular Hbond substituents is 1. The highest BCUT2D eigenvalue weighted by atomic mass is 31.2. The Morgan fingerprint density at radius 3 is 2.14 bits per heavy atom. The molecule has 6 nitrogen and oxygen atoms in total. The van der Waals surface area contributed by atoms with Crippen molar-refractivity contribution in [1.82, 2.24) is 0 Å². The van der Waals surface area contributed by atoms with Crippen LogP contribution in [0.1, 0.15) is 10.4 Å². The van der Waals surface area contributed by atoms with Gasteiger partial charge in [-0.05, 0) is 24.3 Å². The van der Waals surface area contributed by atoms with Crippen LogP contribution < -0.4 is 0 Å². The van der Waals surface area contributed by atoms with Crippen LogP contribution in [0, 0.1) is 0 Å². The fourth-order valence-electron chi connectivity index (χ4n) is 0.758. The highest BCUT2D eigenvalue weighted by Gasteiger charge is 2.21. The van der Waals surface area contributed by atoms with Crippen LogP contribution in [-0.2, 0) is 9.09 Å². The fourth-order valence-corrected chi connectivity index (χ4v) is 1.08. The van der Waals surface area contributed by atoms with E-state index >= 15 is 0 Å². The van der Waals surface area contributed by atoms with E-state index < -0.39 is 13.8 Å². The molecular weight excluding hydrogens is 211 g/mol. The van der Waals surface area contributed by atoms with Gasteiger partial charge in [-0.2, -0.15) is 0 Å². The summed E-state index contributed by atoms with van der Waals surface area (Å²) in [5.74, 6) is -1.20. The Labute approximate surface area is 79.0 Å². The summed E-state index contributed by atoms with van der Waals surface area (Å²) < 4.78 is 14.1. The van der Waals surface area contributed by atoms with Crippen molar-refractivity contribution < 1.29 is 28.8 Å². The van der Waals surface area contributed by atoms with Gasteiger partial charge in [0.2, 0.25) is 0 Å². The molecule has 3 N–H and O–H groups in total. The normalized spacial score (nSPS) is 11.0. The predicted octanol–water partition coefficient (Wildman–Crippen LogP) is 0.642. The van der Waals surface area contributed by atoms with Crippen LogP contribution in [0.3, 0.4) is 0 Å². The lowest BCUT2D eigenvalue weighted by Gasteiger charge is -2.04. The molecule has 0 aliphatic heterocycles. The predicted molar refractivity (Wildman–Crippen MR) is 45.6 cm³/mol. The molecule has 0 atom stereocenters. The Morgan fingerprint density at radius 1 is 1.21 bits per heavy atom. The van der Waals surface area contributed by atoms with E-state index in [1.54, 1.807) is 0 Å². The molecule has 0 saturated carbocycles. The van der Waals surface area contributed by atoms with Gasteiger partial charge in [0.05, 0.1) is 5.56 Å². The molecule has 0 aliphatic rings. The number of rotatable bonds is 2. The zero-order valence-electron chi connectivity index (χ0n) is 6.82. The molecule has 1 rings (SSSR count). The SMILES string of the molecule is O=C(OP(=O)(O)O)c1ccc(O)cc1. The van der Waals surface area contributed by atoms with Crippen molar-refractivity contribution in [3.63, 3.8) is 0 Å². The third kappa shape index (κ3) is 3.18. The lowest BCUT2D eigenvalue weighted by atomic mass is 10.2. The van der Waals surface area contributed by atoms with Gasteiger partial charge in [0.25, 0.3) is 0 Å². The molecule has 1 aromatic rings. The summed E-state index contributed by atoms with van der Waals surface area (Å²) in [5.41, 5.74) is -0.0499. The Morgan fingerprint density at radius 2 is 1.71 bits per heavy atom. The number of carbonyl (C=O) groups is 1. The van der Waals surface area contributed by atoms with Gasteiger partial charge in [0.15, 0.2) is 0 Å². The second-order valence-corrected chi connectivity index (χ2v) is 3.58.